The van der Waals surface area contributed by atoms with Crippen LogP contribution in [0.1, 0.15) is 38.5 Å². The molecule has 22 heavy (non-hydrogen) atoms. The first-order valence-electron chi connectivity index (χ1n) is 7.55. The van der Waals surface area contributed by atoms with E-state index in [4.69, 9.17) is 8.83 Å². The van der Waals surface area contributed by atoms with E-state index in [-0.39, 0.29) is 18.0 Å². The van der Waals surface area contributed by atoms with Crippen molar-refractivity contribution in [1.82, 2.24) is 20.4 Å². The summed E-state index contributed by atoms with van der Waals surface area (Å²) in [6.45, 7) is 5.32. The number of hydrogen-bond acceptors (Lipinski definition) is 5. The normalized spacial score (nSPS) is 16.2. The van der Waals surface area contributed by atoms with Crippen molar-refractivity contribution in [3.8, 4) is 11.5 Å². The van der Waals surface area contributed by atoms with Crippen LogP contribution in [0.15, 0.2) is 27.4 Å². The van der Waals surface area contributed by atoms with Gasteiger partial charge in [0.2, 0.25) is 5.89 Å². The highest BCUT2D eigenvalue weighted by Gasteiger charge is 2.27. The molecule has 0 bridgehead atoms. The van der Waals surface area contributed by atoms with Gasteiger partial charge in [-0.15, -0.1) is 10.2 Å². The fourth-order valence-electron chi connectivity index (χ4n) is 2.57. The van der Waals surface area contributed by atoms with Gasteiger partial charge >= 0.3 is 6.03 Å². The van der Waals surface area contributed by atoms with Crippen molar-refractivity contribution in [3.05, 3.63) is 24.5 Å². The Morgan fingerprint density at radius 2 is 2.14 bits per heavy atom. The van der Waals surface area contributed by atoms with Crippen LogP contribution >= 0.6 is 0 Å². The molecule has 0 radical (unpaired) electrons. The van der Waals surface area contributed by atoms with Gasteiger partial charge in [0.25, 0.3) is 5.89 Å². The van der Waals surface area contributed by atoms with Crippen molar-refractivity contribution in [2.24, 2.45) is 0 Å². The third-order valence-electron chi connectivity index (χ3n) is 3.75. The third-order valence-corrected chi connectivity index (χ3v) is 3.75. The fourth-order valence-corrected chi connectivity index (χ4v) is 2.57. The van der Waals surface area contributed by atoms with E-state index in [0.717, 1.165) is 18.4 Å². The second-order valence-corrected chi connectivity index (χ2v) is 5.82. The summed E-state index contributed by atoms with van der Waals surface area (Å²) < 4.78 is 10.7. The van der Waals surface area contributed by atoms with Crippen LogP contribution in [-0.2, 0) is 0 Å². The molecule has 1 aliphatic rings. The minimum absolute atomic E-state index is 0.00179. The zero-order valence-electron chi connectivity index (χ0n) is 12.8. The lowest BCUT2D eigenvalue weighted by Crippen LogP contribution is -2.46. The predicted molar refractivity (Wildman–Crippen MR) is 79.2 cm³/mol. The summed E-state index contributed by atoms with van der Waals surface area (Å²) in [6, 6.07) is 1.94. The third kappa shape index (κ3) is 3.13. The van der Waals surface area contributed by atoms with Crippen LogP contribution in [0.2, 0.25) is 0 Å². The molecule has 0 aliphatic carbocycles. The van der Waals surface area contributed by atoms with E-state index in [1.54, 1.807) is 18.6 Å². The number of hydrogen-bond donors (Lipinski definition) is 1. The molecular weight excluding hydrogens is 284 g/mol. The van der Waals surface area contributed by atoms with Crippen LogP contribution in [0.25, 0.3) is 11.5 Å². The SMILES string of the molecule is CC(C)NC(=O)N1CCC(c2nnc(-c3ccoc3)o2)CC1. The average molecular weight is 304 g/mol. The Morgan fingerprint density at radius 1 is 1.36 bits per heavy atom. The number of furan rings is 1. The number of nitrogens with one attached hydrogen (secondary N) is 1. The Hall–Kier alpha value is -2.31. The predicted octanol–water partition coefficient (Wildman–Crippen LogP) is 2.63. The zero-order chi connectivity index (χ0) is 15.5. The van der Waals surface area contributed by atoms with Crippen molar-refractivity contribution < 1.29 is 13.6 Å². The van der Waals surface area contributed by atoms with Crippen LogP contribution < -0.4 is 5.32 Å². The molecule has 0 spiro atoms. The van der Waals surface area contributed by atoms with Crippen LogP contribution in [0.3, 0.4) is 0 Å². The van der Waals surface area contributed by atoms with E-state index in [0.29, 0.717) is 24.9 Å². The van der Waals surface area contributed by atoms with E-state index < -0.39 is 0 Å². The molecule has 0 unspecified atom stereocenters. The molecule has 7 nitrogen and oxygen atoms in total. The van der Waals surface area contributed by atoms with E-state index in [2.05, 4.69) is 15.5 Å². The number of likely N-dealkylation sites (tertiary alicyclic amines) is 1. The minimum Gasteiger partial charge on any atom is -0.472 e. The summed E-state index contributed by atoms with van der Waals surface area (Å²) in [6.07, 6.45) is 4.82. The molecule has 2 aromatic rings. The minimum atomic E-state index is -0.00179. The van der Waals surface area contributed by atoms with Crippen molar-refractivity contribution >= 4 is 6.03 Å². The maximum atomic E-state index is 12.0. The molecule has 118 valence electrons. The van der Waals surface area contributed by atoms with Crippen molar-refractivity contribution in [2.75, 3.05) is 13.1 Å². The Kier molecular flexibility index (Phi) is 4.13. The Morgan fingerprint density at radius 3 is 2.77 bits per heavy atom. The van der Waals surface area contributed by atoms with Gasteiger partial charge in [0.15, 0.2) is 0 Å². The largest absolute Gasteiger partial charge is 0.472 e. The summed E-state index contributed by atoms with van der Waals surface area (Å²) >= 11 is 0. The van der Waals surface area contributed by atoms with Gasteiger partial charge in [-0.25, -0.2) is 4.79 Å². The number of rotatable bonds is 3. The number of carbonyl (C=O) groups excluding carboxylic acids is 1. The van der Waals surface area contributed by atoms with Gasteiger partial charge in [0, 0.05) is 25.0 Å². The van der Waals surface area contributed by atoms with Crippen LogP contribution in [0.4, 0.5) is 4.79 Å². The van der Waals surface area contributed by atoms with Crippen LogP contribution in [-0.4, -0.2) is 40.3 Å². The standard InChI is InChI=1S/C15H20N4O3/c1-10(2)16-15(20)19-6-3-11(4-7-19)13-17-18-14(22-13)12-5-8-21-9-12/h5,8-11H,3-4,6-7H2,1-2H3,(H,16,20). The van der Waals surface area contributed by atoms with Crippen molar-refractivity contribution in [3.63, 3.8) is 0 Å². The first kappa shape index (κ1) is 14.6. The van der Waals surface area contributed by atoms with E-state index >= 15 is 0 Å². The highest BCUT2D eigenvalue weighted by Crippen LogP contribution is 2.29. The smallest absolute Gasteiger partial charge is 0.317 e. The van der Waals surface area contributed by atoms with Gasteiger partial charge in [-0.2, -0.15) is 0 Å². The lowest BCUT2D eigenvalue weighted by molar-refractivity contribution is 0.175. The quantitative estimate of drug-likeness (QED) is 0.942. The summed E-state index contributed by atoms with van der Waals surface area (Å²) in [5.74, 6) is 1.32. The molecule has 1 N–H and O–H groups in total. The molecular formula is C15H20N4O3. The maximum Gasteiger partial charge on any atom is 0.317 e. The van der Waals surface area contributed by atoms with Gasteiger partial charge in [0.1, 0.15) is 6.26 Å². The second kappa shape index (κ2) is 6.21. The number of amides is 2. The summed E-state index contributed by atoms with van der Waals surface area (Å²) in [7, 11) is 0. The van der Waals surface area contributed by atoms with Crippen molar-refractivity contribution in [2.45, 2.75) is 38.6 Å². The molecule has 0 saturated carbocycles. The number of nitrogens with zero attached hydrogens (tertiary/aromatic N) is 3. The van der Waals surface area contributed by atoms with Crippen LogP contribution in [0.5, 0.6) is 0 Å². The highest BCUT2D eigenvalue weighted by atomic mass is 16.4. The number of aromatic nitrogens is 2. The average Bonchev–Trinajstić information content (AvgIpc) is 3.18. The lowest BCUT2D eigenvalue weighted by atomic mass is 9.97. The molecule has 2 amide bonds. The van der Waals surface area contributed by atoms with Gasteiger partial charge in [-0.1, -0.05) is 0 Å². The van der Waals surface area contributed by atoms with Gasteiger partial charge in [-0.3, -0.25) is 0 Å². The number of piperidine rings is 1. The Balaban J connectivity index is 1.59. The molecule has 0 atom stereocenters. The second-order valence-electron chi connectivity index (χ2n) is 5.82. The van der Waals surface area contributed by atoms with E-state index in [9.17, 15) is 4.79 Å². The lowest BCUT2D eigenvalue weighted by Gasteiger charge is -2.31. The molecule has 1 fully saturated rings. The van der Waals surface area contributed by atoms with Gasteiger partial charge < -0.3 is 19.1 Å². The number of urea groups is 1. The molecule has 7 heteroatoms. The molecule has 3 heterocycles. The monoisotopic (exact) mass is 304 g/mol. The maximum absolute atomic E-state index is 12.0. The molecule has 1 saturated heterocycles. The molecule has 3 rings (SSSR count). The molecule has 2 aromatic heterocycles. The first-order chi connectivity index (χ1) is 10.6. The highest BCUT2D eigenvalue weighted by molar-refractivity contribution is 5.74. The zero-order valence-corrected chi connectivity index (χ0v) is 12.8. The Bertz CT molecular complexity index is 613. The van der Waals surface area contributed by atoms with Crippen LogP contribution in [0, 0.1) is 0 Å². The topological polar surface area (TPSA) is 84.4 Å². The molecule has 0 aromatic carbocycles. The Labute approximate surface area is 128 Å². The van der Waals surface area contributed by atoms with E-state index in [1.165, 1.54) is 0 Å². The van der Waals surface area contributed by atoms with Gasteiger partial charge in [0.05, 0.1) is 11.8 Å². The van der Waals surface area contributed by atoms with Gasteiger partial charge in [-0.05, 0) is 32.8 Å². The van der Waals surface area contributed by atoms with Crippen molar-refractivity contribution in [1.29, 1.82) is 0 Å². The fraction of sp³-hybridized carbons (Fsp3) is 0.533. The summed E-state index contributed by atoms with van der Waals surface area (Å²) in [5.41, 5.74) is 0.785. The summed E-state index contributed by atoms with van der Waals surface area (Å²) in [5, 5.41) is 11.1. The number of carbonyl (C=O) groups is 1. The molecule has 1 aliphatic heterocycles. The van der Waals surface area contributed by atoms with E-state index in [1.807, 2.05) is 18.7 Å². The first-order valence-corrected chi connectivity index (χ1v) is 7.55. The summed E-state index contributed by atoms with van der Waals surface area (Å²) in [4.78, 5) is 13.8.